The summed E-state index contributed by atoms with van der Waals surface area (Å²) in [6.45, 7) is 5.35. The largest absolute Gasteiger partial charge is 0 e. The Morgan fingerprint density at radius 2 is 1.70 bits per heavy atom. The van der Waals surface area contributed by atoms with Gasteiger partial charge in [0.25, 0.3) is 0 Å². The third-order valence-electron chi connectivity index (χ3n) is 0.380. The monoisotopic (exact) mass is 325 g/mol. The average Bonchev–Trinajstić information content (AvgIpc) is 1.21. The first-order valence-electron chi connectivity index (χ1n) is 2.27. The van der Waals surface area contributed by atoms with E-state index in [0.717, 1.165) is 0 Å². The molecule has 0 N–H and O–H groups in total. The Morgan fingerprint density at radius 3 is 1.70 bits per heavy atom. The second-order valence-corrected chi connectivity index (χ2v) is 2.83. The van der Waals surface area contributed by atoms with Crippen molar-refractivity contribution in [1.29, 1.82) is 0 Å². The minimum atomic E-state index is -0.600. The number of hydrogen-bond acceptors (Lipinski definition) is 2. The van der Waals surface area contributed by atoms with Crippen LogP contribution in [-0.4, -0.2) is 10.5 Å². The van der Waals surface area contributed by atoms with Crippen molar-refractivity contribution in [3.05, 3.63) is 0 Å². The molecule has 0 aromatic heterocycles. The minimum absolute atomic E-state index is 0. The number of hydrogen-bond donors (Lipinski definition) is 0. The molecule has 0 saturated carbocycles. The molecule has 71 valence electrons. The van der Waals surface area contributed by atoms with Crippen LogP contribution in [0.1, 0.15) is 20.8 Å². The maximum Gasteiger partial charge on any atom is 0 e. The van der Waals surface area contributed by atoms with E-state index in [4.69, 9.17) is 0 Å². The van der Waals surface area contributed by atoms with Crippen molar-refractivity contribution in [2.45, 2.75) is 26.4 Å². The summed E-state index contributed by atoms with van der Waals surface area (Å²) in [4.78, 5) is 9.47. The Bertz CT molecular complexity index is 102. The molecule has 0 aromatic rings. The zero-order chi connectivity index (χ0) is 6.78. The Hall–Kier alpha value is 1.21. The van der Waals surface area contributed by atoms with Gasteiger partial charge in [0.15, 0.2) is 0 Å². The van der Waals surface area contributed by atoms with Crippen LogP contribution in [0.3, 0.4) is 0 Å². The molecule has 0 aromatic carbocycles. The van der Waals surface area contributed by atoms with E-state index in [0.29, 0.717) is 0 Å². The second kappa shape index (κ2) is 6.89. The van der Waals surface area contributed by atoms with Crippen LogP contribution >= 0.6 is 0 Å². The third-order valence-corrected chi connectivity index (χ3v) is 0.481. The zero-order valence-electron chi connectivity index (χ0n) is 5.77. The molecule has 0 aliphatic carbocycles. The van der Waals surface area contributed by atoms with Crippen LogP contribution in [0, 0.1) is 0 Å². The molecule has 0 fully saturated rings. The SMILES string of the molecule is CC(C)(C)O[C](=O)[Ni].[Ag].[Co]. The predicted octanol–water partition coefficient (Wildman–Crippen LogP) is 1.46. The molecule has 0 rings (SSSR count). The molecule has 0 unspecified atom stereocenters. The quantitative estimate of drug-likeness (QED) is 0.630. The van der Waals surface area contributed by atoms with Gasteiger partial charge in [-0.2, -0.15) is 0 Å². The van der Waals surface area contributed by atoms with Crippen LogP contribution in [0.2, 0.25) is 0 Å². The summed E-state index contributed by atoms with van der Waals surface area (Å²) in [6, 6.07) is 0. The standard InChI is InChI=1S/C5H9O2.Ag.Co.Ni/c1-5(2,3)7-4-6;;;/h1-3H3;;;. The van der Waals surface area contributed by atoms with Crippen molar-refractivity contribution >= 4 is 4.94 Å². The van der Waals surface area contributed by atoms with Gasteiger partial charge < -0.3 is 0 Å². The molecule has 10 heavy (non-hydrogen) atoms. The van der Waals surface area contributed by atoms with Gasteiger partial charge in [0.2, 0.25) is 0 Å². The topological polar surface area (TPSA) is 26.3 Å². The second-order valence-electron chi connectivity index (χ2n) is 2.43. The van der Waals surface area contributed by atoms with Gasteiger partial charge in [-0.3, -0.25) is 0 Å². The fourth-order valence-corrected chi connectivity index (χ4v) is 0.524. The molecule has 2 nitrogen and oxygen atoms in total. The molecular formula is C5H9AgCoNiO2. The molecule has 0 atom stereocenters. The molecule has 0 spiro atoms. The van der Waals surface area contributed by atoms with E-state index < -0.39 is 10.5 Å². The summed E-state index contributed by atoms with van der Waals surface area (Å²) in [6.07, 6.45) is 0. The number of ether oxygens (including phenoxy) is 1. The fourth-order valence-electron chi connectivity index (χ4n) is 0.222. The summed E-state index contributed by atoms with van der Waals surface area (Å²) in [7, 11) is 0. The summed E-state index contributed by atoms with van der Waals surface area (Å²) in [5.74, 6) is 0. The van der Waals surface area contributed by atoms with Crippen molar-refractivity contribution in [1.82, 2.24) is 0 Å². The molecule has 0 bridgehead atoms. The van der Waals surface area contributed by atoms with E-state index in [2.05, 4.69) is 20.2 Å². The molecular weight excluding hydrogens is 318 g/mol. The molecule has 0 heterocycles. The van der Waals surface area contributed by atoms with Gasteiger partial charge in [-0.15, -0.1) is 0 Å². The van der Waals surface area contributed by atoms with E-state index in [-0.39, 0.29) is 39.2 Å². The van der Waals surface area contributed by atoms with Crippen molar-refractivity contribution in [3.63, 3.8) is 0 Å². The first-order chi connectivity index (χ1) is 3.42. The van der Waals surface area contributed by atoms with Crippen LogP contribution in [0.4, 0.5) is 4.79 Å². The molecule has 0 aliphatic rings. The van der Waals surface area contributed by atoms with Crippen LogP contribution in [0.15, 0.2) is 0 Å². The zero-order valence-corrected chi connectivity index (χ0v) is 9.28. The van der Waals surface area contributed by atoms with Gasteiger partial charge in [0.1, 0.15) is 0 Å². The molecule has 2 radical (unpaired) electrons. The average molecular weight is 327 g/mol. The van der Waals surface area contributed by atoms with Gasteiger partial charge in [0, 0.05) is 39.2 Å². The Balaban J connectivity index is -0.000000245. The smallest absolute Gasteiger partial charge is 0 e. The van der Waals surface area contributed by atoms with Gasteiger partial charge in [-0.1, -0.05) is 0 Å². The normalized spacial score (nSPS) is 8.90. The summed E-state index contributed by atoms with van der Waals surface area (Å²) in [5, 5.41) is 0. The van der Waals surface area contributed by atoms with Crippen molar-refractivity contribution in [2.24, 2.45) is 0 Å². The van der Waals surface area contributed by atoms with E-state index in [1.165, 1.54) is 0 Å². The van der Waals surface area contributed by atoms with E-state index >= 15 is 0 Å². The summed E-state index contributed by atoms with van der Waals surface area (Å²) in [5.41, 5.74) is -0.421. The minimum Gasteiger partial charge on any atom is 0 e. The van der Waals surface area contributed by atoms with Gasteiger partial charge >= 0.3 is 56.3 Å². The van der Waals surface area contributed by atoms with Crippen LogP contribution in [-0.2, 0) is 59.4 Å². The third kappa shape index (κ3) is 16.1. The van der Waals surface area contributed by atoms with Crippen molar-refractivity contribution < 1.29 is 64.2 Å². The Labute approximate surface area is 94.9 Å². The Kier molecular flexibility index (Phi) is 11.9. The van der Waals surface area contributed by atoms with Gasteiger partial charge in [-0.25, -0.2) is 0 Å². The summed E-state index contributed by atoms with van der Waals surface area (Å²) < 4.78 is 4.63. The first kappa shape index (κ1) is 17.3. The Morgan fingerprint density at radius 1 is 1.40 bits per heavy atom. The van der Waals surface area contributed by atoms with Crippen molar-refractivity contribution in [3.8, 4) is 0 Å². The predicted molar refractivity (Wildman–Crippen MR) is 26.2 cm³/mol. The molecule has 0 saturated heterocycles. The van der Waals surface area contributed by atoms with Crippen molar-refractivity contribution in [2.75, 3.05) is 0 Å². The molecule has 0 aliphatic heterocycles. The van der Waals surface area contributed by atoms with Gasteiger partial charge in [0.05, 0.1) is 0 Å². The van der Waals surface area contributed by atoms with E-state index in [1.807, 2.05) is 0 Å². The number of carbonyl (C=O) groups is 1. The maximum atomic E-state index is 10.1. The first-order valence-corrected chi connectivity index (χ1v) is 2.76. The molecule has 5 heteroatoms. The van der Waals surface area contributed by atoms with Crippen LogP contribution in [0.5, 0.6) is 0 Å². The summed E-state index contributed by atoms with van der Waals surface area (Å²) >= 11 is 3.89. The van der Waals surface area contributed by atoms with E-state index in [1.54, 1.807) is 20.8 Å². The van der Waals surface area contributed by atoms with Crippen LogP contribution in [0.25, 0.3) is 0 Å². The number of carbonyl (C=O) groups excluding carboxylic acids is 1. The van der Waals surface area contributed by atoms with Crippen LogP contribution < -0.4 is 0 Å². The van der Waals surface area contributed by atoms with Gasteiger partial charge in [-0.05, 0) is 0 Å². The maximum absolute atomic E-state index is 10.1. The van der Waals surface area contributed by atoms with E-state index in [9.17, 15) is 4.79 Å². The fraction of sp³-hybridized carbons (Fsp3) is 0.800. The number of rotatable bonds is 0. The molecule has 0 amide bonds.